The van der Waals surface area contributed by atoms with Crippen LogP contribution in [0, 0.1) is 0 Å². The van der Waals surface area contributed by atoms with Gasteiger partial charge in [-0.25, -0.2) is 9.97 Å². The SMILES string of the molecule is COc1ccc2sc(-c3cccnc3NC(C)=O)nc2c1. The molecule has 2 heterocycles. The summed E-state index contributed by atoms with van der Waals surface area (Å²) in [5, 5.41) is 3.55. The van der Waals surface area contributed by atoms with E-state index in [9.17, 15) is 4.79 Å². The number of aromatic nitrogens is 2. The van der Waals surface area contributed by atoms with E-state index in [-0.39, 0.29) is 5.91 Å². The highest BCUT2D eigenvalue weighted by atomic mass is 32.1. The number of fused-ring (bicyclic) bond motifs is 1. The van der Waals surface area contributed by atoms with Crippen molar-refractivity contribution in [2.24, 2.45) is 0 Å². The highest BCUT2D eigenvalue weighted by Gasteiger charge is 2.12. The van der Waals surface area contributed by atoms with E-state index < -0.39 is 0 Å². The molecule has 5 nitrogen and oxygen atoms in total. The molecular formula is C15H13N3O2S. The minimum Gasteiger partial charge on any atom is -0.497 e. The zero-order valence-electron chi connectivity index (χ0n) is 11.6. The lowest BCUT2D eigenvalue weighted by atomic mass is 10.2. The van der Waals surface area contributed by atoms with E-state index in [2.05, 4.69) is 15.3 Å². The van der Waals surface area contributed by atoms with E-state index in [0.29, 0.717) is 5.82 Å². The largest absolute Gasteiger partial charge is 0.497 e. The van der Waals surface area contributed by atoms with Crippen molar-refractivity contribution in [2.75, 3.05) is 12.4 Å². The molecule has 0 saturated carbocycles. The maximum Gasteiger partial charge on any atom is 0.222 e. The van der Waals surface area contributed by atoms with Crippen LogP contribution in [0.1, 0.15) is 6.92 Å². The second kappa shape index (κ2) is 5.49. The van der Waals surface area contributed by atoms with Gasteiger partial charge in [-0.15, -0.1) is 11.3 Å². The Bertz CT molecular complexity index is 814. The minimum atomic E-state index is -0.155. The molecule has 0 spiro atoms. The van der Waals surface area contributed by atoms with E-state index in [4.69, 9.17) is 4.74 Å². The first-order valence-corrected chi connectivity index (χ1v) is 7.16. The first kappa shape index (κ1) is 13.5. The van der Waals surface area contributed by atoms with Crippen molar-refractivity contribution < 1.29 is 9.53 Å². The quantitative estimate of drug-likeness (QED) is 0.805. The topological polar surface area (TPSA) is 64.1 Å². The van der Waals surface area contributed by atoms with Gasteiger partial charge >= 0.3 is 0 Å². The average Bonchev–Trinajstić information content (AvgIpc) is 2.89. The molecule has 0 fully saturated rings. The number of methoxy groups -OCH3 is 1. The van der Waals surface area contributed by atoms with Crippen molar-refractivity contribution in [2.45, 2.75) is 6.92 Å². The molecule has 0 unspecified atom stereocenters. The molecule has 3 rings (SSSR count). The predicted octanol–water partition coefficient (Wildman–Crippen LogP) is 3.33. The van der Waals surface area contributed by atoms with E-state index in [0.717, 1.165) is 26.5 Å². The predicted molar refractivity (Wildman–Crippen MR) is 83.7 cm³/mol. The summed E-state index contributed by atoms with van der Waals surface area (Å²) in [6, 6.07) is 9.50. The molecule has 21 heavy (non-hydrogen) atoms. The van der Waals surface area contributed by atoms with Crippen LogP contribution in [0.15, 0.2) is 36.5 Å². The Morgan fingerprint density at radius 3 is 2.95 bits per heavy atom. The Kier molecular flexibility index (Phi) is 3.53. The number of hydrogen-bond acceptors (Lipinski definition) is 5. The van der Waals surface area contributed by atoms with E-state index >= 15 is 0 Å². The number of thiazole rings is 1. The molecule has 0 bridgehead atoms. The number of nitrogens with zero attached hydrogens (tertiary/aromatic N) is 2. The minimum absolute atomic E-state index is 0.155. The second-order valence-corrected chi connectivity index (χ2v) is 5.46. The van der Waals surface area contributed by atoms with Gasteiger partial charge in [0.25, 0.3) is 0 Å². The van der Waals surface area contributed by atoms with Crippen LogP contribution in [0.5, 0.6) is 5.75 Å². The van der Waals surface area contributed by atoms with Gasteiger partial charge < -0.3 is 10.1 Å². The van der Waals surface area contributed by atoms with Crippen LogP contribution in [-0.2, 0) is 4.79 Å². The summed E-state index contributed by atoms with van der Waals surface area (Å²) in [5.74, 6) is 1.14. The Morgan fingerprint density at radius 1 is 1.33 bits per heavy atom. The molecule has 1 N–H and O–H groups in total. The maximum absolute atomic E-state index is 11.3. The number of nitrogens with one attached hydrogen (secondary N) is 1. The summed E-state index contributed by atoms with van der Waals surface area (Å²) in [6.45, 7) is 1.46. The highest BCUT2D eigenvalue weighted by Crippen LogP contribution is 2.34. The highest BCUT2D eigenvalue weighted by molar-refractivity contribution is 7.21. The zero-order valence-corrected chi connectivity index (χ0v) is 12.4. The molecule has 0 aliphatic carbocycles. The van der Waals surface area contributed by atoms with Gasteiger partial charge in [0.05, 0.1) is 22.9 Å². The third kappa shape index (κ3) is 2.71. The molecule has 0 aliphatic heterocycles. The monoisotopic (exact) mass is 299 g/mol. The summed E-state index contributed by atoms with van der Waals surface area (Å²) in [4.78, 5) is 20.1. The summed E-state index contributed by atoms with van der Waals surface area (Å²) >= 11 is 1.55. The van der Waals surface area contributed by atoms with Gasteiger partial charge in [0.2, 0.25) is 5.91 Å². The number of carbonyl (C=O) groups excluding carboxylic acids is 1. The third-order valence-corrected chi connectivity index (χ3v) is 4.00. The summed E-state index contributed by atoms with van der Waals surface area (Å²) in [7, 11) is 1.63. The Morgan fingerprint density at radius 2 is 2.19 bits per heavy atom. The fraction of sp³-hybridized carbons (Fsp3) is 0.133. The molecule has 0 atom stereocenters. The van der Waals surface area contributed by atoms with Crippen molar-refractivity contribution in [3.63, 3.8) is 0 Å². The summed E-state index contributed by atoms with van der Waals surface area (Å²) in [5.41, 5.74) is 1.68. The van der Waals surface area contributed by atoms with E-state index in [1.807, 2.05) is 30.3 Å². The Labute approximate surface area is 125 Å². The lowest BCUT2D eigenvalue weighted by Crippen LogP contribution is -2.08. The standard InChI is InChI=1S/C15H13N3O2S/c1-9(19)17-14-11(4-3-7-16-14)15-18-12-8-10(20-2)5-6-13(12)21-15/h3-8H,1-2H3,(H,16,17,19). The van der Waals surface area contributed by atoms with Gasteiger partial charge in [0, 0.05) is 19.2 Å². The number of pyridine rings is 1. The molecule has 106 valence electrons. The lowest BCUT2D eigenvalue weighted by Gasteiger charge is -2.05. The number of rotatable bonds is 3. The van der Waals surface area contributed by atoms with E-state index in [1.165, 1.54) is 6.92 Å². The van der Waals surface area contributed by atoms with Gasteiger partial charge in [-0.3, -0.25) is 4.79 Å². The van der Waals surface area contributed by atoms with Gasteiger partial charge in [0.15, 0.2) is 0 Å². The van der Waals surface area contributed by atoms with Crippen molar-refractivity contribution in [3.8, 4) is 16.3 Å². The normalized spacial score (nSPS) is 10.6. The third-order valence-electron chi connectivity index (χ3n) is 2.93. The molecule has 6 heteroatoms. The molecule has 1 aromatic carbocycles. The van der Waals surface area contributed by atoms with Crippen LogP contribution in [0.2, 0.25) is 0 Å². The Hall–Kier alpha value is -2.47. The number of amides is 1. The van der Waals surface area contributed by atoms with Crippen LogP contribution in [0.4, 0.5) is 5.82 Å². The van der Waals surface area contributed by atoms with Crippen LogP contribution in [-0.4, -0.2) is 23.0 Å². The summed E-state index contributed by atoms with van der Waals surface area (Å²) in [6.07, 6.45) is 1.64. The zero-order chi connectivity index (χ0) is 14.8. The van der Waals surface area contributed by atoms with Crippen LogP contribution < -0.4 is 10.1 Å². The van der Waals surface area contributed by atoms with E-state index in [1.54, 1.807) is 24.6 Å². The van der Waals surface area contributed by atoms with Gasteiger partial charge in [-0.1, -0.05) is 0 Å². The van der Waals surface area contributed by atoms with Crippen molar-refractivity contribution in [3.05, 3.63) is 36.5 Å². The van der Waals surface area contributed by atoms with Crippen LogP contribution in [0.25, 0.3) is 20.8 Å². The van der Waals surface area contributed by atoms with Crippen molar-refractivity contribution in [1.29, 1.82) is 0 Å². The average molecular weight is 299 g/mol. The molecule has 0 radical (unpaired) electrons. The number of ether oxygens (including phenoxy) is 1. The Balaban J connectivity index is 2.10. The van der Waals surface area contributed by atoms with Crippen LogP contribution in [0.3, 0.4) is 0 Å². The van der Waals surface area contributed by atoms with Gasteiger partial charge in [0.1, 0.15) is 16.6 Å². The molecule has 3 aromatic rings. The lowest BCUT2D eigenvalue weighted by molar-refractivity contribution is -0.114. The molecule has 1 amide bonds. The first-order chi connectivity index (χ1) is 10.2. The number of hydrogen-bond donors (Lipinski definition) is 1. The fourth-order valence-corrected chi connectivity index (χ4v) is 2.97. The molecule has 0 aliphatic rings. The smallest absolute Gasteiger partial charge is 0.222 e. The van der Waals surface area contributed by atoms with Crippen molar-refractivity contribution in [1.82, 2.24) is 9.97 Å². The summed E-state index contributed by atoms with van der Waals surface area (Å²) < 4.78 is 6.27. The second-order valence-electron chi connectivity index (χ2n) is 4.43. The first-order valence-electron chi connectivity index (χ1n) is 6.35. The van der Waals surface area contributed by atoms with Gasteiger partial charge in [-0.05, 0) is 24.3 Å². The number of carbonyl (C=O) groups is 1. The molecule has 0 saturated heterocycles. The number of anilines is 1. The number of benzene rings is 1. The fourth-order valence-electron chi connectivity index (χ4n) is 1.99. The maximum atomic E-state index is 11.3. The molecular weight excluding hydrogens is 286 g/mol. The van der Waals surface area contributed by atoms with Crippen LogP contribution >= 0.6 is 11.3 Å². The molecule has 2 aromatic heterocycles. The van der Waals surface area contributed by atoms with Crippen molar-refractivity contribution >= 4 is 33.3 Å². The van der Waals surface area contributed by atoms with Gasteiger partial charge in [-0.2, -0.15) is 0 Å².